The zero-order chi connectivity index (χ0) is 20.2. The summed E-state index contributed by atoms with van der Waals surface area (Å²) in [4.78, 5) is 16.9. The van der Waals surface area contributed by atoms with Crippen molar-refractivity contribution in [1.29, 1.82) is 0 Å². The molecule has 4 rings (SSSR count). The normalized spacial score (nSPS) is 11.0. The van der Waals surface area contributed by atoms with Gasteiger partial charge >= 0.3 is 0 Å². The number of hydrogen-bond acceptors (Lipinski definition) is 4. The smallest absolute Gasteiger partial charge is 0.270 e. The fourth-order valence-corrected chi connectivity index (χ4v) is 4.00. The van der Waals surface area contributed by atoms with Crippen LogP contribution in [0.15, 0.2) is 60.0 Å². The Balaban J connectivity index is 1.40. The number of aryl methyl sites for hydroxylation is 1. The predicted octanol–water partition coefficient (Wildman–Crippen LogP) is 4.73. The minimum absolute atomic E-state index is 0.241. The maximum absolute atomic E-state index is 12.9. The highest BCUT2D eigenvalue weighted by molar-refractivity contribution is 7.13. The molecule has 0 aliphatic carbocycles. The van der Waals surface area contributed by atoms with Crippen molar-refractivity contribution in [2.45, 2.75) is 13.5 Å². The van der Waals surface area contributed by atoms with Gasteiger partial charge in [0, 0.05) is 22.8 Å². The number of ether oxygens (including phenoxy) is 1. The maximum Gasteiger partial charge on any atom is 0.270 e. The number of fused-ring (bicyclic) bond motifs is 1. The number of nitrogens with zero attached hydrogens (tertiary/aromatic N) is 2. The monoisotopic (exact) mass is 409 g/mol. The highest BCUT2D eigenvalue weighted by Gasteiger charge is 2.15. The molecule has 2 aromatic carbocycles. The second-order valence-electron chi connectivity index (χ2n) is 6.43. The average molecular weight is 409 g/mol. The molecule has 0 fully saturated rings. The molecule has 1 N–H and O–H groups in total. The lowest BCUT2D eigenvalue weighted by Crippen LogP contribution is -2.28. The summed E-state index contributed by atoms with van der Waals surface area (Å²) in [5.74, 6) is 0.00505. The zero-order valence-electron chi connectivity index (χ0n) is 15.9. The molecule has 0 aliphatic heterocycles. The summed E-state index contributed by atoms with van der Waals surface area (Å²) in [6, 6.07) is 16.1. The van der Waals surface area contributed by atoms with Crippen molar-refractivity contribution in [1.82, 2.24) is 14.9 Å². The molecule has 1 amide bonds. The van der Waals surface area contributed by atoms with Crippen LogP contribution in [0.1, 0.15) is 17.4 Å². The van der Waals surface area contributed by atoms with Crippen molar-refractivity contribution >= 4 is 28.1 Å². The van der Waals surface area contributed by atoms with Crippen LogP contribution >= 0.6 is 11.3 Å². The Morgan fingerprint density at radius 1 is 1.21 bits per heavy atom. The Morgan fingerprint density at radius 3 is 2.79 bits per heavy atom. The fraction of sp³-hybridized carbons (Fsp3) is 0.182. The molecule has 0 radical (unpaired) electrons. The highest BCUT2D eigenvalue weighted by Crippen LogP contribution is 2.30. The Kier molecular flexibility index (Phi) is 5.57. The van der Waals surface area contributed by atoms with Gasteiger partial charge in [-0.05, 0) is 43.3 Å². The molecule has 2 heterocycles. The Morgan fingerprint density at radius 2 is 2.00 bits per heavy atom. The van der Waals surface area contributed by atoms with E-state index < -0.39 is 0 Å². The maximum atomic E-state index is 12.9. The molecule has 0 saturated heterocycles. The number of aromatic nitrogens is 2. The van der Waals surface area contributed by atoms with Gasteiger partial charge in [-0.15, -0.1) is 11.3 Å². The summed E-state index contributed by atoms with van der Waals surface area (Å²) in [5, 5.41) is 6.54. The third kappa shape index (κ3) is 4.14. The molecule has 7 heteroatoms. The number of amides is 1. The van der Waals surface area contributed by atoms with Crippen LogP contribution in [-0.4, -0.2) is 28.6 Å². The molecule has 0 atom stereocenters. The third-order valence-corrected chi connectivity index (χ3v) is 5.42. The molecule has 0 unspecified atom stereocenters. The van der Waals surface area contributed by atoms with Crippen LogP contribution < -0.4 is 10.1 Å². The van der Waals surface area contributed by atoms with E-state index in [1.165, 1.54) is 23.5 Å². The minimum Gasteiger partial charge on any atom is -0.492 e. The van der Waals surface area contributed by atoms with Crippen molar-refractivity contribution in [3.05, 3.63) is 71.5 Å². The first-order valence-electron chi connectivity index (χ1n) is 9.36. The Hall–Kier alpha value is -3.19. The molecule has 0 aliphatic rings. The van der Waals surface area contributed by atoms with Crippen molar-refractivity contribution in [3.63, 3.8) is 0 Å². The Labute approximate surface area is 171 Å². The van der Waals surface area contributed by atoms with Crippen LogP contribution in [-0.2, 0) is 6.54 Å². The van der Waals surface area contributed by atoms with Gasteiger partial charge in [0.25, 0.3) is 5.91 Å². The lowest BCUT2D eigenvalue weighted by Gasteiger charge is -2.07. The van der Waals surface area contributed by atoms with Crippen LogP contribution in [0.5, 0.6) is 5.75 Å². The van der Waals surface area contributed by atoms with Gasteiger partial charge in [0.05, 0.1) is 12.2 Å². The van der Waals surface area contributed by atoms with Crippen LogP contribution in [0, 0.1) is 5.82 Å². The van der Waals surface area contributed by atoms with E-state index in [9.17, 15) is 9.18 Å². The van der Waals surface area contributed by atoms with E-state index in [0.717, 1.165) is 28.1 Å². The van der Waals surface area contributed by atoms with E-state index >= 15 is 0 Å². The van der Waals surface area contributed by atoms with Gasteiger partial charge in [0.2, 0.25) is 0 Å². The van der Waals surface area contributed by atoms with E-state index in [2.05, 4.69) is 40.0 Å². The van der Waals surface area contributed by atoms with Crippen molar-refractivity contribution in [2.24, 2.45) is 0 Å². The molecular weight excluding hydrogens is 389 g/mol. The average Bonchev–Trinajstić information content (AvgIpc) is 3.37. The van der Waals surface area contributed by atoms with Gasteiger partial charge < -0.3 is 14.6 Å². The second-order valence-corrected chi connectivity index (χ2v) is 7.29. The number of para-hydroxylation sites is 1. The molecule has 0 bridgehead atoms. The first kappa shape index (κ1) is 19.1. The highest BCUT2D eigenvalue weighted by atomic mass is 32.1. The summed E-state index contributed by atoms with van der Waals surface area (Å²) in [6.45, 7) is 3.54. The van der Waals surface area contributed by atoms with Crippen molar-refractivity contribution in [2.75, 3.05) is 13.2 Å². The molecule has 4 aromatic rings. The summed E-state index contributed by atoms with van der Waals surface area (Å²) in [7, 11) is 0. The van der Waals surface area contributed by atoms with Gasteiger partial charge in [0.1, 0.15) is 28.9 Å². The van der Waals surface area contributed by atoms with Crippen LogP contribution in [0.2, 0.25) is 0 Å². The molecular formula is C22H20FN3O2S. The number of carbonyl (C=O) groups excluding carboxylic acids is 1. The summed E-state index contributed by atoms with van der Waals surface area (Å²) < 4.78 is 20.6. The van der Waals surface area contributed by atoms with E-state index in [1.807, 2.05) is 12.1 Å². The number of thiazole rings is 1. The van der Waals surface area contributed by atoms with Gasteiger partial charge in [-0.1, -0.05) is 18.2 Å². The van der Waals surface area contributed by atoms with Crippen molar-refractivity contribution < 1.29 is 13.9 Å². The van der Waals surface area contributed by atoms with Crippen molar-refractivity contribution in [3.8, 4) is 16.5 Å². The summed E-state index contributed by atoms with van der Waals surface area (Å²) >= 11 is 1.45. The summed E-state index contributed by atoms with van der Waals surface area (Å²) in [6.07, 6.45) is 0. The lowest BCUT2D eigenvalue weighted by molar-refractivity contribution is 0.0943. The number of hydrogen-bond donors (Lipinski definition) is 1. The van der Waals surface area contributed by atoms with E-state index in [1.54, 1.807) is 17.5 Å². The molecule has 5 nitrogen and oxygen atoms in total. The first-order valence-corrected chi connectivity index (χ1v) is 10.2. The standard InChI is InChI=1S/C22H20FN3O2S/c1-2-26-19-6-4-3-5-15(19)13-20(26)22-25-18(14-29-22)21(27)24-11-12-28-17-9-7-16(23)8-10-17/h3-10,13-14H,2,11-12H2,1H3,(H,24,27). The van der Waals surface area contributed by atoms with Crippen LogP contribution in [0.4, 0.5) is 4.39 Å². The van der Waals surface area contributed by atoms with Gasteiger partial charge in [-0.25, -0.2) is 9.37 Å². The van der Waals surface area contributed by atoms with E-state index in [-0.39, 0.29) is 11.7 Å². The molecule has 29 heavy (non-hydrogen) atoms. The summed E-state index contributed by atoms with van der Waals surface area (Å²) in [5.41, 5.74) is 2.56. The topological polar surface area (TPSA) is 56.2 Å². The lowest BCUT2D eigenvalue weighted by atomic mass is 10.2. The first-order chi connectivity index (χ1) is 14.2. The van der Waals surface area contributed by atoms with Gasteiger partial charge in [0.15, 0.2) is 0 Å². The number of carbonyl (C=O) groups is 1. The minimum atomic E-state index is -0.313. The van der Waals surface area contributed by atoms with E-state index in [4.69, 9.17) is 4.74 Å². The van der Waals surface area contributed by atoms with Gasteiger partial charge in [-0.2, -0.15) is 0 Å². The molecule has 148 valence electrons. The number of halogens is 1. The predicted molar refractivity (Wildman–Crippen MR) is 113 cm³/mol. The van der Waals surface area contributed by atoms with E-state index in [0.29, 0.717) is 24.6 Å². The number of nitrogens with one attached hydrogen (secondary N) is 1. The number of benzene rings is 2. The number of rotatable bonds is 7. The molecule has 0 saturated carbocycles. The fourth-order valence-electron chi connectivity index (χ4n) is 3.18. The zero-order valence-corrected chi connectivity index (χ0v) is 16.7. The third-order valence-electron chi connectivity index (χ3n) is 4.55. The quantitative estimate of drug-likeness (QED) is 0.449. The Bertz CT molecular complexity index is 1130. The second kappa shape index (κ2) is 8.45. The molecule has 2 aromatic heterocycles. The SMILES string of the molecule is CCn1c(-c2nc(C(=O)NCCOc3ccc(F)cc3)cs2)cc2ccccc21. The van der Waals surface area contributed by atoms with Crippen LogP contribution in [0.25, 0.3) is 21.6 Å². The van der Waals surface area contributed by atoms with Crippen LogP contribution in [0.3, 0.4) is 0 Å². The van der Waals surface area contributed by atoms with Gasteiger partial charge in [-0.3, -0.25) is 4.79 Å². The molecule has 0 spiro atoms. The largest absolute Gasteiger partial charge is 0.492 e.